The molecule has 0 bridgehead atoms. The number of ether oxygens (including phenoxy) is 1. The van der Waals surface area contributed by atoms with E-state index in [1.54, 1.807) is 28.9 Å². The van der Waals surface area contributed by atoms with Crippen LogP contribution >= 0.6 is 0 Å². The van der Waals surface area contributed by atoms with Crippen LogP contribution in [0.15, 0.2) is 48.9 Å². The van der Waals surface area contributed by atoms with E-state index in [-0.39, 0.29) is 17.2 Å². The number of hydrogen-bond donors (Lipinski definition) is 2. The van der Waals surface area contributed by atoms with Crippen LogP contribution in [-0.2, 0) is 6.42 Å². The van der Waals surface area contributed by atoms with Crippen molar-refractivity contribution in [3.8, 4) is 17.0 Å². The highest BCUT2D eigenvalue weighted by Gasteiger charge is 2.19. The number of hydrogen-bond acceptors (Lipinski definition) is 5. The van der Waals surface area contributed by atoms with E-state index >= 15 is 0 Å². The predicted molar refractivity (Wildman–Crippen MR) is 127 cm³/mol. The van der Waals surface area contributed by atoms with E-state index in [0.717, 1.165) is 17.7 Å². The van der Waals surface area contributed by atoms with E-state index in [4.69, 9.17) is 4.74 Å². The van der Waals surface area contributed by atoms with Crippen LogP contribution in [0.1, 0.15) is 36.2 Å². The summed E-state index contributed by atoms with van der Waals surface area (Å²) in [6.45, 7) is 4.61. The first-order valence-electron chi connectivity index (χ1n) is 11.0. The Bertz CT molecular complexity index is 1350. The molecule has 0 aliphatic heterocycles. The lowest BCUT2D eigenvalue weighted by Gasteiger charge is -2.13. The quantitative estimate of drug-likeness (QED) is 0.377. The number of fused-ring (bicyclic) bond motifs is 1. The van der Waals surface area contributed by atoms with Crippen molar-refractivity contribution in [3.63, 3.8) is 0 Å². The molecule has 4 aromatic rings. The average Bonchev–Trinajstić information content (AvgIpc) is 3.29. The normalized spacial score (nSPS) is 11.0. The van der Waals surface area contributed by atoms with Crippen LogP contribution in [0.2, 0.25) is 0 Å². The topological polar surface area (TPSA) is 80.6 Å². The summed E-state index contributed by atoms with van der Waals surface area (Å²) in [4.78, 5) is 21.2. The molecule has 34 heavy (non-hydrogen) atoms. The summed E-state index contributed by atoms with van der Waals surface area (Å²) in [7, 11) is 1.28. The molecule has 0 radical (unpaired) electrons. The van der Waals surface area contributed by atoms with Crippen molar-refractivity contribution in [2.45, 2.75) is 26.7 Å². The minimum atomic E-state index is -1.06. The molecule has 0 spiro atoms. The highest BCUT2D eigenvalue weighted by atomic mass is 19.2. The predicted octanol–water partition coefficient (Wildman–Crippen LogP) is 5.13. The van der Waals surface area contributed by atoms with Gasteiger partial charge in [-0.25, -0.2) is 14.4 Å². The number of anilines is 2. The molecule has 0 saturated heterocycles. The lowest BCUT2D eigenvalue weighted by Crippen LogP contribution is -2.25. The molecule has 0 aliphatic rings. The summed E-state index contributed by atoms with van der Waals surface area (Å²) in [6, 6.07) is 8.29. The van der Waals surface area contributed by atoms with E-state index in [1.165, 1.54) is 25.4 Å². The smallest absolute Gasteiger partial charge is 0.251 e. The monoisotopic (exact) mass is 465 g/mol. The van der Waals surface area contributed by atoms with E-state index in [2.05, 4.69) is 20.6 Å². The van der Waals surface area contributed by atoms with Crippen molar-refractivity contribution in [1.29, 1.82) is 0 Å². The first-order valence-corrected chi connectivity index (χ1v) is 11.0. The Balaban J connectivity index is 1.68. The number of rotatable bonds is 8. The number of methoxy groups -OCH3 is 1. The van der Waals surface area contributed by atoms with Gasteiger partial charge < -0.3 is 15.4 Å². The van der Waals surface area contributed by atoms with Gasteiger partial charge in [-0.15, -0.1) is 0 Å². The Morgan fingerprint density at radius 3 is 2.68 bits per heavy atom. The van der Waals surface area contributed by atoms with Gasteiger partial charge in [-0.05, 0) is 48.7 Å². The van der Waals surface area contributed by atoms with Gasteiger partial charge in [0.25, 0.3) is 5.91 Å². The lowest BCUT2D eigenvalue weighted by atomic mass is 10.0. The number of aryl methyl sites for hydroxylation is 1. The summed E-state index contributed by atoms with van der Waals surface area (Å²) in [5.41, 5.74) is 3.13. The fraction of sp³-hybridized carbons (Fsp3) is 0.240. The molecule has 7 nitrogen and oxygen atoms in total. The molecule has 0 aliphatic carbocycles. The van der Waals surface area contributed by atoms with Crippen LogP contribution in [0.3, 0.4) is 0 Å². The Morgan fingerprint density at radius 1 is 1.12 bits per heavy atom. The number of halogens is 2. The van der Waals surface area contributed by atoms with Gasteiger partial charge in [0.1, 0.15) is 0 Å². The third-order valence-corrected chi connectivity index (χ3v) is 5.50. The summed E-state index contributed by atoms with van der Waals surface area (Å²) in [5, 5.41) is 6.13. The van der Waals surface area contributed by atoms with Crippen molar-refractivity contribution in [2.75, 3.05) is 19.0 Å². The SMILES string of the molecule is CCCNC(=O)c1ccc(Nc2nccn3c(-c4ccc(OC)c(F)c4F)cnc23)cc1CC. The lowest BCUT2D eigenvalue weighted by molar-refractivity contribution is 0.0953. The summed E-state index contributed by atoms with van der Waals surface area (Å²) in [5.74, 6) is -1.90. The molecular formula is C25H25F2N5O2. The second-order valence-electron chi connectivity index (χ2n) is 7.66. The maximum Gasteiger partial charge on any atom is 0.251 e. The Kier molecular flexibility index (Phi) is 6.72. The van der Waals surface area contributed by atoms with Crippen LogP contribution in [0.25, 0.3) is 16.9 Å². The number of carbonyl (C=O) groups is 1. The third-order valence-electron chi connectivity index (χ3n) is 5.50. The van der Waals surface area contributed by atoms with Gasteiger partial charge in [0, 0.05) is 35.8 Å². The molecule has 2 aromatic heterocycles. The van der Waals surface area contributed by atoms with Crippen LogP contribution in [0.5, 0.6) is 5.75 Å². The van der Waals surface area contributed by atoms with Crippen LogP contribution in [-0.4, -0.2) is 33.9 Å². The Morgan fingerprint density at radius 2 is 1.94 bits per heavy atom. The summed E-state index contributed by atoms with van der Waals surface area (Å²) in [6.07, 6.45) is 6.18. The Labute approximate surface area is 195 Å². The number of aromatic nitrogens is 3. The first kappa shape index (κ1) is 23.2. The van der Waals surface area contributed by atoms with Crippen molar-refractivity contribution < 1.29 is 18.3 Å². The fourth-order valence-electron chi connectivity index (χ4n) is 3.75. The third kappa shape index (κ3) is 4.28. The second kappa shape index (κ2) is 9.86. The first-order chi connectivity index (χ1) is 16.5. The molecule has 176 valence electrons. The van der Waals surface area contributed by atoms with Crippen molar-refractivity contribution >= 4 is 23.1 Å². The largest absolute Gasteiger partial charge is 0.494 e. The molecule has 0 saturated carbocycles. The number of amides is 1. The van der Waals surface area contributed by atoms with Gasteiger partial charge in [0.05, 0.1) is 19.0 Å². The fourth-order valence-corrected chi connectivity index (χ4v) is 3.75. The van der Waals surface area contributed by atoms with E-state index in [1.807, 2.05) is 19.9 Å². The zero-order valence-corrected chi connectivity index (χ0v) is 19.2. The average molecular weight is 466 g/mol. The molecule has 1 amide bonds. The summed E-state index contributed by atoms with van der Waals surface area (Å²) >= 11 is 0. The van der Waals surface area contributed by atoms with Gasteiger partial charge >= 0.3 is 0 Å². The number of benzene rings is 2. The zero-order chi connectivity index (χ0) is 24.2. The van der Waals surface area contributed by atoms with E-state index in [0.29, 0.717) is 35.7 Å². The zero-order valence-electron chi connectivity index (χ0n) is 19.2. The number of carbonyl (C=O) groups excluding carboxylic acids is 1. The molecule has 9 heteroatoms. The minimum Gasteiger partial charge on any atom is -0.494 e. The number of imidazole rings is 1. The second-order valence-corrected chi connectivity index (χ2v) is 7.66. The molecule has 2 aromatic carbocycles. The molecular weight excluding hydrogens is 440 g/mol. The molecule has 0 atom stereocenters. The van der Waals surface area contributed by atoms with E-state index in [9.17, 15) is 13.6 Å². The van der Waals surface area contributed by atoms with Crippen molar-refractivity contribution in [3.05, 3.63) is 71.7 Å². The standard InChI is InChI=1S/C25H25F2N5O2/c1-4-10-29-25(33)17-7-6-16(13-15(17)5-2)31-23-24-30-14-19(32(24)12-11-28-23)18-8-9-20(34-3)22(27)21(18)26/h6-9,11-14H,4-5,10H2,1-3H3,(H,28,31)(H,29,33). The van der Waals surface area contributed by atoms with Crippen molar-refractivity contribution in [2.24, 2.45) is 0 Å². The maximum absolute atomic E-state index is 14.7. The van der Waals surface area contributed by atoms with Gasteiger partial charge in [-0.1, -0.05) is 13.8 Å². The minimum absolute atomic E-state index is 0.0543. The molecule has 0 fully saturated rings. The molecule has 2 N–H and O–H groups in total. The van der Waals surface area contributed by atoms with Gasteiger partial charge in [-0.3, -0.25) is 9.20 Å². The molecule has 0 unspecified atom stereocenters. The highest BCUT2D eigenvalue weighted by Crippen LogP contribution is 2.31. The maximum atomic E-state index is 14.7. The van der Waals surface area contributed by atoms with Gasteiger partial charge in [0.2, 0.25) is 5.82 Å². The van der Waals surface area contributed by atoms with Crippen LogP contribution < -0.4 is 15.4 Å². The highest BCUT2D eigenvalue weighted by molar-refractivity contribution is 5.96. The van der Waals surface area contributed by atoms with E-state index < -0.39 is 11.6 Å². The van der Waals surface area contributed by atoms with Crippen molar-refractivity contribution in [1.82, 2.24) is 19.7 Å². The number of nitrogens with zero attached hydrogens (tertiary/aromatic N) is 3. The van der Waals surface area contributed by atoms with Gasteiger partial charge in [0.15, 0.2) is 23.0 Å². The number of nitrogens with one attached hydrogen (secondary N) is 2. The van der Waals surface area contributed by atoms with Crippen LogP contribution in [0.4, 0.5) is 20.3 Å². The Hall–Kier alpha value is -4.01. The van der Waals surface area contributed by atoms with Crippen LogP contribution in [0, 0.1) is 11.6 Å². The van der Waals surface area contributed by atoms with Gasteiger partial charge in [-0.2, -0.15) is 4.39 Å². The molecule has 4 rings (SSSR count). The molecule has 2 heterocycles. The summed E-state index contributed by atoms with van der Waals surface area (Å²) < 4.78 is 35.4.